The molecule has 1 aliphatic rings. The zero-order chi connectivity index (χ0) is 23.8. The molecule has 0 aromatic carbocycles. The van der Waals surface area contributed by atoms with Crippen LogP contribution in [0.25, 0.3) is 28.2 Å². The maximum absolute atomic E-state index is 14.0. The molecule has 1 aliphatic carbocycles. The number of nitrogens with two attached hydrogens (primary N) is 1. The van der Waals surface area contributed by atoms with Gasteiger partial charge in [-0.1, -0.05) is 12.1 Å². The lowest BCUT2D eigenvalue weighted by atomic mass is 9.75. The molecule has 1 fully saturated rings. The first kappa shape index (κ1) is 22.0. The lowest BCUT2D eigenvalue weighted by Crippen LogP contribution is -2.31. The number of fused-ring (bicyclic) bond motifs is 1. The maximum Gasteiger partial charge on any atom is 0.338 e. The molecule has 1 saturated carbocycles. The van der Waals surface area contributed by atoms with Gasteiger partial charge in [-0.15, -0.1) is 0 Å². The van der Waals surface area contributed by atoms with Gasteiger partial charge in [-0.2, -0.15) is 9.61 Å². The average molecular weight is 458 g/mol. The van der Waals surface area contributed by atoms with E-state index >= 15 is 0 Å². The van der Waals surface area contributed by atoms with E-state index in [1.54, 1.807) is 23.1 Å². The highest BCUT2D eigenvalue weighted by Crippen LogP contribution is 2.38. The highest BCUT2D eigenvalue weighted by Gasteiger charge is 2.33. The Balaban J connectivity index is 1.46. The van der Waals surface area contributed by atoms with Crippen LogP contribution in [-0.4, -0.2) is 49.7 Å². The second-order valence-electron chi connectivity index (χ2n) is 8.80. The number of hydrogen-bond acceptors (Lipinski definition) is 6. The van der Waals surface area contributed by atoms with E-state index in [4.69, 9.17) is 15.8 Å². The van der Waals surface area contributed by atoms with E-state index in [0.29, 0.717) is 37.1 Å². The summed E-state index contributed by atoms with van der Waals surface area (Å²) in [5.41, 5.74) is 12.0. The minimum Gasteiger partial charge on any atom is -0.479 e. The zero-order valence-corrected chi connectivity index (χ0v) is 18.7. The number of hydrogen-bond donors (Lipinski definition) is 2. The predicted molar refractivity (Wildman–Crippen MR) is 129 cm³/mol. The molecule has 0 spiro atoms. The van der Waals surface area contributed by atoms with E-state index in [9.17, 15) is 9.18 Å². The van der Waals surface area contributed by atoms with Gasteiger partial charge in [0.25, 0.3) is 0 Å². The van der Waals surface area contributed by atoms with Gasteiger partial charge < -0.3 is 10.8 Å². The molecule has 4 heterocycles. The summed E-state index contributed by atoms with van der Waals surface area (Å²) in [6, 6.07) is 9.56. The van der Waals surface area contributed by atoms with Crippen LogP contribution in [0, 0.1) is 5.92 Å². The second kappa shape index (κ2) is 8.85. The summed E-state index contributed by atoms with van der Waals surface area (Å²) in [6.07, 6.45) is 5.79. The Morgan fingerprint density at radius 1 is 1.12 bits per heavy atom. The van der Waals surface area contributed by atoms with E-state index in [1.165, 1.54) is 0 Å². The molecule has 4 aromatic rings. The number of aromatic nitrogens is 5. The van der Waals surface area contributed by atoms with E-state index in [-0.39, 0.29) is 5.92 Å². The number of carboxylic acids is 1. The van der Waals surface area contributed by atoms with Gasteiger partial charge in [0, 0.05) is 41.1 Å². The first-order valence-electron chi connectivity index (χ1n) is 11.3. The molecule has 0 radical (unpaired) electrons. The molecule has 1 atom stereocenters. The summed E-state index contributed by atoms with van der Waals surface area (Å²) in [6.45, 7) is 0. The van der Waals surface area contributed by atoms with Crippen LogP contribution in [0.3, 0.4) is 0 Å². The van der Waals surface area contributed by atoms with Crippen molar-refractivity contribution in [3.8, 4) is 22.5 Å². The van der Waals surface area contributed by atoms with E-state index in [0.717, 1.165) is 33.7 Å². The quantitative estimate of drug-likeness (QED) is 0.441. The van der Waals surface area contributed by atoms with Crippen LogP contribution in [0.1, 0.15) is 37.3 Å². The highest BCUT2D eigenvalue weighted by molar-refractivity contribution is 6.36. The summed E-state index contributed by atoms with van der Waals surface area (Å²) in [4.78, 5) is 24.9. The lowest BCUT2D eigenvalue weighted by Gasteiger charge is -2.30. The van der Waals surface area contributed by atoms with Gasteiger partial charge in [0.1, 0.15) is 13.7 Å². The van der Waals surface area contributed by atoms with Crippen molar-refractivity contribution in [2.24, 2.45) is 5.92 Å². The first-order chi connectivity index (χ1) is 16.4. The third-order valence-corrected chi connectivity index (χ3v) is 6.78. The minimum absolute atomic E-state index is 0.0944. The molecule has 0 bridgehead atoms. The van der Waals surface area contributed by atoms with Gasteiger partial charge in [0.2, 0.25) is 0 Å². The number of rotatable bonds is 5. The number of pyridine rings is 2. The second-order valence-corrected chi connectivity index (χ2v) is 8.80. The monoisotopic (exact) mass is 458 g/mol. The normalized spacial score (nSPS) is 19.2. The van der Waals surface area contributed by atoms with Gasteiger partial charge >= 0.3 is 5.97 Å². The Morgan fingerprint density at radius 2 is 1.88 bits per heavy atom. The number of aliphatic carboxylic acids is 1. The number of carbonyl (C=O) groups is 1. The Hall–Kier alpha value is -3.82. The number of nitrogens with zero attached hydrogens (tertiary/aromatic N) is 5. The predicted octanol–water partition coefficient (Wildman–Crippen LogP) is 2.39. The molecular weight excluding hydrogens is 434 g/mol. The Bertz CT molecular complexity index is 1340. The van der Waals surface area contributed by atoms with Crippen molar-refractivity contribution >= 4 is 30.7 Å². The number of nitrogen functional groups attached to an aromatic ring is 1. The molecule has 0 aliphatic heterocycles. The summed E-state index contributed by atoms with van der Waals surface area (Å²) >= 11 is 0. The molecule has 8 nitrogen and oxygen atoms in total. The number of carboxylic acid groups (broad SMARTS) is 1. The third kappa shape index (κ3) is 3.89. The van der Waals surface area contributed by atoms with Gasteiger partial charge in [-0.25, -0.2) is 14.2 Å². The van der Waals surface area contributed by atoms with Gasteiger partial charge in [-0.05, 0) is 49.3 Å². The number of alkyl halides is 1. The number of anilines is 1. The molecule has 5 rings (SSSR count). The van der Waals surface area contributed by atoms with Crippen molar-refractivity contribution in [3.05, 3.63) is 54.6 Å². The summed E-state index contributed by atoms with van der Waals surface area (Å²) in [7, 11) is 1.92. The van der Waals surface area contributed by atoms with E-state index < -0.39 is 18.1 Å². The van der Waals surface area contributed by atoms with Gasteiger partial charge in [0.05, 0.1) is 17.6 Å². The van der Waals surface area contributed by atoms with Crippen LogP contribution in [0.5, 0.6) is 0 Å². The standard InChI is InChI=1S/C24H24BFN6O2/c25-19-21(14-6-4-13(5-7-14)20(26)24(33)34)31-23-16(12-30-32(23)22(19)27)15-8-9-18(29-11-15)17-3-1-2-10-28-17/h1-3,8-14,20H,4-7,25,27H2,(H,33,34)/t13-,14+,20?. The van der Waals surface area contributed by atoms with Crippen molar-refractivity contribution in [1.82, 2.24) is 24.6 Å². The fourth-order valence-electron chi connectivity index (χ4n) is 4.82. The molecule has 3 N–H and O–H groups in total. The highest BCUT2D eigenvalue weighted by atomic mass is 19.1. The average Bonchev–Trinajstić information content (AvgIpc) is 3.30. The fraction of sp³-hybridized carbons (Fsp3) is 0.292. The number of halogens is 1. The van der Waals surface area contributed by atoms with Crippen LogP contribution < -0.4 is 11.2 Å². The van der Waals surface area contributed by atoms with Crippen LogP contribution in [0.2, 0.25) is 0 Å². The molecule has 10 heteroatoms. The van der Waals surface area contributed by atoms with Crippen molar-refractivity contribution in [2.75, 3.05) is 5.73 Å². The molecular formula is C24H24BFN6O2. The lowest BCUT2D eigenvalue weighted by molar-refractivity contribution is -0.145. The minimum atomic E-state index is -1.81. The molecule has 34 heavy (non-hydrogen) atoms. The largest absolute Gasteiger partial charge is 0.479 e. The molecule has 1 unspecified atom stereocenters. The van der Waals surface area contributed by atoms with Gasteiger partial charge in [0.15, 0.2) is 11.8 Å². The summed E-state index contributed by atoms with van der Waals surface area (Å²) in [5, 5.41) is 13.4. The third-order valence-electron chi connectivity index (χ3n) is 6.78. The first-order valence-corrected chi connectivity index (χ1v) is 11.3. The Morgan fingerprint density at radius 3 is 2.53 bits per heavy atom. The topological polar surface area (TPSA) is 119 Å². The van der Waals surface area contributed by atoms with E-state index in [1.807, 2.05) is 38.2 Å². The van der Waals surface area contributed by atoms with Crippen molar-refractivity contribution in [1.29, 1.82) is 0 Å². The van der Waals surface area contributed by atoms with Crippen LogP contribution >= 0.6 is 0 Å². The van der Waals surface area contributed by atoms with Crippen LogP contribution in [-0.2, 0) is 4.79 Å². The Kier molecular flexibility index (Phi) is 5.73. The summed E-state index contributed by atoms with van der Waals surface area (Å²) < 4.78 is 15.6. The smallest absolute Gasteiger partial charge is 0.338 e. The Labute approximate surface area is 196 Å². The fourth-order valence-corrected chi connectivity index (χ4v) is 4.82. The molecule has 0 amide bonds. The van der Waals surface area contributed by atoms with E-state index in [2.05, 4.69) is 15.1 Å². The molecule has 172 valence electrons. The molecule has 0 saturated heterocycles. The summed E-state index contributed by atoms with van der Waals surface area (Å²) in [5.74, 6) is -1.23. The van der Waals surface area contributed by atoms with Crippen LogP contribution in [0.4, 0.5) is 10.2 Å². The van der Waals surface area contributed by atoms with Gasteiger partial charge in [-0.3, -0.25) is 9.97 Å². The van der Waals surface area contributed by atoms with Crippen molar-refractivity contribution in [3.63, 3.8) is 0 Å². The van der Waals surface area contributed by atoms with Crippen LogP contribution in [0.15, 0.2) is 48.9 Å². The molecule has 4 aromatic heterocycles. The zero-order valence-electron chi connectivity index (χ0n) is 18.7. The maximum atomic E-state index is 14.0. The van der Waals surface area contributed by atoms with Crippen molar-refractivity contribution in [2.45, 2.75) is 37.8 Å². The SMILES string of the molecule is Bc1c(N)n2ncc(-c3ccc(-c4ccccn4)nc3)c2nc1[C@H]1CC[C@@H](C(F)C(=O)O)CC1. The van der Waals surface area contributed by atoms with Crippen molar-refractivity contribution < 1.29 is 14.3 Å².